The van der Waals surface area contributed by atoms with Gasteiger partial charge in [0.2, 0.25) is 5.43 Å². The number of pyridine rings is 1. The van der Waals surface area contributed by atoms with E-state index < -0.39 is 15.5 Å². The molecular weight excluding hydrogens is 296 g/mol. The van der Waals surface area contributed by atoms with Gasteiger partial charge in [0.1, 0.15) is 11.5 Å². The van der Waals surface area contributed by atoms with Crippen LogP contribution < -0.4 is 19.6 Å². The van der Waals surface area contributed by atoms with Gasteiger partial charge in [-0.2, -0.15) is 0 Å². The van der Waals surface area contributed by atoms with E-state index in [2.05, 4.69) is 9.71 Å². The molecule has 0 saturated carbocycles. The van der Waals surface area contributed by atoms with Crippen LogP contribution >= 0.6 is 0 Å². The molecule has 8 heteroatoms. The zero-order valence-electron chi connectivity index (χ0n) is 11.4. The van der Waals surface area contributed by atoms with Gasteiger partial charge in [-0.05, 0) is 12.1 Å². The van der Waals surface area contributed by atoms with Crippen LogP contribution in [0.4, 0.5) is 5.69 Å². The Hall–Kier alpha value is -2.48. The van der Waals surface area contributed by atoms with Crippen molar-refractivity contribution in [3.63, 3.8) is 0 Å². The van der Waals surface area contributed by atoms with E-state index in [1.807, 2.05) is 0 Å². The van der Waals surface area contributed by atoms with Crippen molar-refractivity contribution >= 4 is 15.7 Å². The summed E-state index contributed by atoms with van der Waals surface area (Å²) in [6.07, 6.45) is 2.48. The summed E-state index contributed by atoms with van der Waals surface area (Å²) in [6.45, 7) is 0. The van der Waals surface area contributed by atoms with Gasteiger partial charge in [-0.3, -0.25) is 9.52 Å². The third-order valence-corrected chi connectivity index (χ3v) is 4.12. The fourth-order valence-electron chi connectivity index (χ4n) is 1.69. The van der Waals surface area contributed by atoms with Crippen LogP contribution in [0.5, 0.6) is 11.5 Å². The molecule has 0 unspecified atom stereocenters. The van der Waals surface area contributed by atoms with E-state index in [0.29, 0.717) is 5.75 Å². The Bertz CT molecular complexity index is 798. The van der Waals surface area contributed by atoms with Gasteiger partial charge in [-0.25, -0.2) is 8.42 Å². The number of aromatic amines is 1. The lowest BCUT2D eigenvalue weighted by atomic mass is 10.3. The first-order chi connectivity index (χ1) is 9.97. The molecule has 112 valence electrons. The summed E-state index contributed by atoms with van der Waals surface area (Å²) in [6, 6.07) is 5.74. The maximum Gasteiger partial charge on any atom is 0.267 e. The molecule has 0 saturated heterocycles. The van der Waals surface area contributed by atoms with Crippen LogP contribution in [0.25, 0.3) is 0 Å². The number of ether oxygens (including phenoxy) is 2. The molecule has 0 aliphatic heterocycles. The Kier molecular flexibility index (Phi) is 4.18. The molecule has 0 aliphatic rings. The van der Waals surface area contributed by atoms with E-state index in [9.17, 15) is 13.2 Å². The number of sulfonamides is 1. The van der Waals surface area contributed by atoms with Gasteiger partial charge in [0, 0.05) is 24.5 Å². The third kappa shape index (κ3) is 3.16. The first kappa shape index (κ1) is 14.9. The first-order valence-corrected chi connectivity index (χ1v) is 7.38. The summed E-state index contributed by atoms with van der Waals surface area (Å²) < 4.78 is 36.9. The normalized spacial score (nSPS) is 11.0. The number of nitrogens with one attached hydrogen (secondary N) is 2. The zero-order valence-corrected chi connectivity index (χ0v) is 12.2. The van der Waals surface area contributed by atoms with Gasteiger partial charge in [0.25, 0.3) is 10.0 Å². The highest BCUT2D eigenvalue weighted by molar-refractivity contribution is 7.92. The second kappa shape index (κ2) is 5.88. The standard InChI is InChI=1S/C13H14N2O5S/c1-19-9-3-4-10(12(7-9)20-2)15-21(17,18)13-8-14-6-5-11(13)16/h3-8,15H,1-2H3,(H,14,16). The van der Waals surface area contributed by atoms with Crippen LogP contribution in [0.2, 0.25) is 0 Å². The number of rotatable bonds is 5. The van der Waals surface area contributed by atoms with Crippen LogP contribution in [-0.4, -0.2) is 27.6 Å². The summed E-state index contributed by atoms with van der Waals surface area (Å²) in [7, 11) is -1.12. The maximum atomic E-state index is 12.2. The van der Waals surface area contributed by atoms with E-state index in [-0.39, 0.29) is 16.3 Å². The summed E-state index contributed by atoms with van der Waals surface area (Å²) >= 11 is 0. The van der Waals surface area contributed by atoms with Gasteiger partial charge < -0.3 is 14.5 Å². The topological polar surface area (TPSA) is 97.5 Å². The summed E-state index contributed by atoms with van der Waals surface area (Å²) in [5, 5.41) is 0. The fourth-order valence-corrected chi connectivity index (χ4v) is 2.82. The predicted octanol–water partition coefficient (Wildman–Crippen LogP) is 1.19. The highest BCUT2D eigenvalue weighted by atomic mass is 32.2. The number of hydrogen-bond acceptors (Lipinski definition) is 5. The Morgan fingerprint density at radius 3 is 2.52 bits per heavy atom. The molecule has 0 amide bonds. The molecule has 0 bridgehead atoms. The Balaban J connectivity index is 2.42. The lowest BCUT2D eigenvalue weighted by Gasteiger charge is -2.12. The molecular formula is C13H14N2O5S. The molecule has 0 aliphatic carbocycles. The first-order valence-electron chi connectivity index (χ1n) is 5.90. The summed E-state index contributed by atoms with van der Waals surface area (Å²) in [5.74, 6) is 0.803. The average molecular weight is 310 g/mol. The molecule has 21 heavy (non-hydrogen) atoms. The van der Waals surface area contributed by atoms with Crippen LogP contribution in [0.3, 0.4) is 0 Å². The number of H-pyrrole nitrogens is 1. The second-order valence-corrected chi connectivity index (χ2v) is 5.70. The highest BCUT2D eigenvalue weighted by Crippen LogP contribution is 2.30. The number of anilines is 1. The lowest BCUT2D eigenvalue weighted by molar-refractivity contribution is 0.395. The highest BCUT2D eigenvalue weighted by Gasteiger charge is 2.19. The van der Waals surface area contributed by atoms with Crippen LogP contribution in [-0.2, 0) is 10.0 Å². The van der Waals surface area contributed by atoms with Gasteiger partial charge in [0.15, 0.2) is 4.90 Å². The maximum absolute atomic E-state index is 12.2. The van der Waals surface area contributed by atoms with Crippen molar-refractivity contribution in [1.82, 2.24) is 4.98 Å². The molecule has 0 radical (unpaired) electrons. The minimum Gasteiger partial charge on any atom is -0.497 e. The SMILES string of the molecule is COc1ccc(NS(=O)(=O)c2c[nH]ccc2=O)c(OC)c1. The summed E-state index contributed by atoms with van der Waals surface area (Å²) in [4.78, 5) is 13.8. The van der Waals surface area contributed by atoms with Gasteiger partial charge >= 0.3 is 0 Å². The molecule has 2 N–H and O–H groups in total. The third-order valence-electron chi connectivity index (χ3n) is 2.73. The smallest absolute Gasteiger partial charge is 0.267 e. The lowest BCUT2D eigenvalue weighted by Crippen LogP contribution is -2.21. The molecule has 7 nitrogen and oxygen atoms in total. The Morgan fingerprint density at radius 1 is 1.14 bits per heavy atom. The molecule has 0 atom stereocenters. The molecule has 1 heterocycles. The number of hydrogen-bond donors (Lipinski definition) is 2. The van der Waals surface area contributed by atoms with Crippen molar-refractivity contribution in [3.05, 3.63) is 46.9 Å². The molecule has 0 spiro atoms. The van der Waals surface area contributed by atoms with Gasteiger partial charge in [-0.1, -0.05) is 0 Å². The monoisotopic (exact) mass is 310 g/mol. The summed E-state index contributed by atoms with van der Waals surface area (Å²) in [5.41, 5.74) is -0.393. The molecule has 2 rings (SSSR count). The van der Waals surface area contributed by atoms with Crippen LogP contribution in [0.1, 0.15) is 0 Å². The van der Waals surface area contributed by atoms with Crippen molar-refractivity contribution in [3.8, 4) is 11.5 Å². The van der Waals surface area contributed by atoms with Crippen LogP contribution in [0, 0.1) is 0 Å². The van der Waals surface area contributed by atoms with E-state index in [4.69, 9.17) is 9.47 Å². The van der Waals surface area contributed by atoms with Gasteiger partial charge in [0.05, 0.1) is 19.9 Å². The molecule has 1 aromatic carbocycles. The Morgan fingerprint density at radius 2 is 1.90 bits per heavy atom. The number of methoxy groups -OCH3 is 2. The average Bonchev–Trinajstić information content (AvgIpc) is 2.47. The van der Waals surface area contributed by atoms with E-state index >= 15 is 0 Å². The van der Waals surface area contributed by atoms with Crippen molar-refractivity contribution in [2.75, 3.05) is 18.9 Å². The van der Waals surface area contributed by atoms with Crippen LogP contribution in [0.15, 0.2) is 46.3 Å². The Labute approximate surface area is 121 Å². The van der Waals surface area contributed by atoms with Crippen molar-refractivity contribution in [2.24, 2.45) is 0 Å². The molecule has 1 aromatic heterocycles. The minimum atomic E-state index is -4.01. The second-order valence-electron chi connectivity index (χ2n) is 4.04. The molecule has 2 aromatic rings. The quantitative estimate of drug-likeness (QED) is 0.864. The van der Waals surface area contributed by atoms with Crippen molar-refractivity contribution in [1.29, 1.82) is 0 Å². The fraction of sp³-hybridized carbons (Fsp3) is 0.154. The van der Waals surface area contributed by atoms with E-state index in [1.54, 1.807) is 6.07 Å². The largest absolute Gasteiger partial charge is 0.497 e. The van der Waals surface area contributed by atoms with Crippen molar-refractivity contribution in [2.45, 2.75) is 4.90 Å². The van der Waals surface area contributed by atoms with Crippen molar-refractivity contribution < 1.29 is 17.9 Å². The minimum absolute atomic E-state index is 0.210. The predicted molar refractivity (Wildman–Crippen MR) is 77.4 cm³/mol. The van der Waals surface area contributed by atoms with E-state index in [0.717, 1.165) is 12.3 Å². The number of benzene rings is 1. The van der Waals surface area contributed by atoms with Gasteiger partial charge in [-0.15, -0.1) is 0 Å². The number of aromatic nitrogens is 1. The molecule has 0 fully saturated rings. The van der Waals surface area contributed by atoms with E-state index in [1.165, 1.54) is 32.5 Å². The zero-order chi connectivity index (χ0) is 15.5.